The Morgan fingerprint density at radius 2 is 2.10 bits per heavy atom. The summed E-state index contributed by atoms with van der Waals surface area (Å²) in [6.45, 7) is 4.86. The van der Waals surface area contributed by atoms with E-state index in [0.717, 1.165) is 35.7 Å². The van der Waals surface area contributed by atoms with Crippen molar-refractivity contribution in [3.05, 3.63) is 38.8 Å². The third-order valence-electron chi connectivity index (χ3n) is 4.15. The van der Waals surface area contributed by atoms with E-state index in [2.05, 4.69) is 18.1 Å². The summed E-state index contributed by atoms with van der Waals surface area (Å²) >= 11 is 1.72. The molecule has 0 unspecified atom stereocenters. The summed E-state index contributed by atoms with van der Waals surface area (Å²) in [6.07, 6.45) is 6.61. The van der Waals surface area contributed by atoms with Crippen LogP contribution in [0.15, 0.2) is 12.1 Å². The van der Waals surface area contributed by atoms with Crippen LogP contribution < -0.4 is 0 Å². The number of ketones is 1. The van der Waals surface area contributed by atoms with Gasteiger partial charge in [0.2, 0.25) is 0 Å². The SMILES string of the molecule is CCn1nc(C)cc1CC(=O)c1cc2c(s1)CCCCC2. The van der Waals surface area contributed by atoms with Crippen LogP contribution in [0.5, 0.6) is 0 Å². The topological polar surface area (TPSA) is 34.9 Å². The van der Waals surface area contributed by atoms with Gasteiger partial charge in [-0.2, -0.15) is 5.10 Å². The van der Waals surface area contributed by atoms with Crippen molar-refractivity contribution >= 4 is 17.1 Å². The summed E-state index contributed by atoms with van der Waals surface area (Å²) in [5, 5.41) is 4.42. The van der Waals surface area contributed by atoms with E-state index in [1.807, 2.05) is 17.7 Å². The van der Waals surface area contributed by atoms with E-state index in [4.69, 9.17) is 0 Å². The normalized spacial score (nSPS) is 14.8. The summed E-state index contributed by atoms with van der Waals surface area (Å²) in [4.78, 5) is 14.9. The van der Waals surface area contributed by atoms with E-state index in [1.54, 1.807) is 11.3 Å². The number of thiophene rings is 1. The maximum atomic E-state index is 12.6. The van der Waals surface area contributed by atoms with Gasteiger partial charge in [0.25, 0.3) is 0 Å². The highest BCUT2D eigenvalue weighted by molar-refractivity contribution is 7.14. The first-order valence-electron chi connectivity index (χ1n) is 7.85. The molecule has 3 nitrogen and oxygen atoms in total. The van der Waals surface area contributed by atoms with E-state index in [0.29, 0.717) is 6.42 Å². The number of nitrogens with zero attached hydrogens (tertiary/aromatic N) is 2. The number of Topliss-reactive ketones (excluding diaryl/α,β-unsaturated/α-hetero) is 1. The van der Waals surface area contributed by atoms with E-state index >= 15 is 0 Å². The first kappa shape index (κ1) is 14.5. The molecule has 4 heteroatoms. The molecule has 0 saturated heterocycles. The van der Waals surface area contributed by atoms with E-state index < -0.39 is 0 Å². The highest BCUT2D eigenvalue weighted by Gasteiger charge is 2.18. The second kappa shape index (κ2) is 6.14. The zero-order valence-corrected chi connectivity index (χ0v) is 13.6. The van der Waals surface area contributed by atoms with Crippen LogP contribution in [-0.4, -0.2) is 15.6 Å². The number of carbonyl (C=O) groups excluding carboxylic acids is 1. The number of aromatic nitrogens is 2. The maximum absolute atomic E-state index is 12.6. The molecule has 3 rings (SSSR count). The fourth-order valence-electron chi connectivity index (χ4n) is 3.07. The Morgan fingerprint density at radius 3 is 2.90 bits per heavy atom. The van der Waals surface area contributed by atoms with Crippen molar-refractivity contribution < 1.29 is 4.79 Å². The van der Waals surface area contributed by atoms with Crippen molar-refractivity contribution in [2.75, 3.05) is 0 Å². The molecule has 0 bridgehead atoms. The molecule has 0 radical (unpaired) electrons. The second-order valence-electron chi connectivity index (χ2n) is 5.81. The molecule has 2 aromatic rings. The van der Waals surface area contributed by atoms with Gasteiger partial charge in [-0.1, -0.05) is 6.42 Å². The van der Waals surface area contributed by atoms with Crippen molar-refractivity contribution in [1.82, 2.24) is 9.78 Å². The quantitative estimate of drug-likeness (QED) is 0.633. The molecule has 2 heterocycles. The van der Waals surface area contributed by atoms with E-state index in [-0.39, 0.29) is 5.78 Å². The van der Waals surface area contributed by atoms with E-state index in [9.17, 15) is 4.79 Å². The summed E-state index contributed by atoms with van der Waals surface area (Å²) in [5.74, 6) is 0.239. The summed E-state index contributed by atoms with van der Waals surface area (Å²) < 4.78 is 1.94. The van der Waals surface area contributed by atoms with Gasteiger partial charge in [-0.15, -0.1) is 11.3 Å². The van der Waals surface area contributed by atoms with Gasteiger partial charge in [-0.3, -0.25) is 9.48 Å². The Morgan fingerprint density at radius 1 is 1.29 bits per heavy atom. The van der Waals surface area contributed by atoms with Crippen LogP contribution in [0.3, 0.4) is 0 Å². The number of aryl methyl sites for hydroxylation is 4. The summed E-state index contributed by atoms with van der Waals surface area (Å²) in [6, 6.07) is 4.17. The predicted octanol–water partition coefficient (Wildman–Crippen LogP) is 3.97. The van der Waals surface area contributed by atoms with Crippen LogP contribution in [0.2, 0.25) is 0 Å². The molecule has 0 aromatic carbocycles. The molecule has 0 saturated carbocycles. The average molecular weight is 302 g/mol. The fourth-order valence-corrected chi connectivity index (χ4v) is 4.26. The van der Waals surface area contributed by atoms with Gasteiger partial charge < -0.3 is 0 Å². The highest BCUT2D eigenvalue weighted by Crippen LogP contribution is 2.29. The number of hydrogen-bond donors (Lipinski definition) is 0. The Bertz CT molecular complexity index is 630. The molecule has 1 aliphatic rings. The largest absolute Gasteiger partial charge is 0.293 e. The lowest BCUT2D eigenvalue weighted by Crippen LogP contribution is -2.08. The molecule has 0 N–H and O–H groups in total. The van der Waals surface area contributed by atoms with Gasteiger partial charge in [0.1, 0.15) is 0 Å². The Kier molecular flexibility index (Phi) is 4.24. The molecule has 0 amide bonds. The van der Waals surface area contributed by atoms with E-state index in [1.165, 1.54) is 29.7 Å². The minimum absolute atomic E-state index is 0.239. The molecular weight excluding hydrogens is 280 g/mol. The fraction of sp³-hybridized carbons (Fsp3) is 0.529. The third kappa shape index (κ3) is 3.10. The van der Waals surface area contributed by atoms with Gasteiger partial charge in [0.15, 0.2) is 5.78 Å². The third-order valence-corrected chi connectivity index (χ3v) is 5.43. The standard InChI is InChI=1S/C17H22N2OS/c1-3-19-14(9-12(2)18-19)11-15(20)17-10-13-7-5-4-6-8-16(13)21-17/h9-10H,3-8,11H2,1-2H3. The maximum Gasteiger partial charge on any atom is 0.178 e. The lowest BCUT2D eigenvalue weighted by atomic mass is 10.1. The molecule has 0 spiro atoms. The molecule has 1 aliphatic carbocycles. The van der Waals surface area contributed by atoms with Crippen molar-refractivity contribution in [2.45, 2.75) is 58.9 Å². The van der Waals surface area contributed by atoms with Crippen LogP contribution in [0, 0.1) is 6.92 Å². The Hall–Kier alpha value is -1.42. The van der Waals surface area contributed by atoms with Gasteiger partial charge in [0.05, 0.1) is 17.0 Å². The van der Waals surface area contributed by atoms with Crippen LogP contribution >= 0.6 is 11.3 Å². The lowest BCUT2D eigenvalue weighted by Gasteiger charge is -2.02. The zero-order valence-electron chi connectivity index (χ0n) is 12.8. The van der Waals surface area contributed by atoms with Crippen molar-refractivity contribution in [2.24, 2.45) is 0 Å². The molecule has 0 fully saturated rings. The molecule has 112 valence electrons. The van der Waals surface area contributed by atoms with Crippen molar-refractivity contribution in [3.8, 4) is 0 Å². The van der Waals surface area contributed by atoms with Gasteiger partial charge >= 0.3 is 0 Å². The molecule has 0 aliphatic heterocycles. The first-order chi connectivity index (χ1) is 10.2. The summed E-state index contributed by atoms with van der Waals surface area (Å²) in [5.41, 5.74) is 3.44. The molecule has 2 aromatic heterocycles. The number of carbonyl (C=O) groups is 1. The Balaban J connectivity index is 1.79. The monoisotopic (exact) mass is 302 g/mol. The molecule has 0 atom stereocenters. The molecule has 21 heavy (non-hydrogen) atoms. The summed E-state index contributed by atoms with van der Waals surface area (Å²) in [7, 11) is 0. The minimum Gasteiger partial charge on any atom is -0.293 e. The zero-order chi connectivity index (χ0) is 14.8. The van der Waals surface area contributed by atoms with Gasteiger partial charge in [0, 0.05) is 17.1 Å². The van der Waals surface area contributed by atoms with Crippen LogP contribution in [0.1, 0.15) is 57.7 Å². The van der Waals surface area contributed by atoms with Crippen LogP contribution in [0.4, 0.5) is 0 Å². The highest BCUT2D eigenvalue weighted by atomic mass is 32.1. The number of rotatable bonds is 4. The smallest absolute Gasteiger partial charge is 0.178 e. The second-order valence-corrected chi connectivity index (χ2v) is 6.95. The average Bonchev–Trinajstić information content (AvgIpc) is 2.96. The first-order valence-corrected chi connectivity index (χ1v) is 8.67. The predicted molar refractivity (Wildman–Crippen MR) is 86.3 cm³/mol. The van der Waals surface area contributed by atoms with Gasteiger partial charge in [-0.05, 0) is 57.2 Å². The Labute approximate surface area is 130 Å². The van der Waals surface area contributed by atoms with Crippen molar-refractivity contribution in [1.29, 1.82) is 0 Å². The number of hydrogen-bond acceptors (Lipinski definition) is 3. The lowest BCUT2D eigenvalue weighted by molar-refractivity contribution is 0.0994. The van der Waals surface area contributed by atoms with Crippen LogP contribution in [-0.2, 0) is 25.8 Å². The number of fused-ring (bicyclic) bond motifs is 1. The molecular formula is C17H22N2OS. The van der Waals surface area contributed by atoms with Gasteiger partial charge in [-0.25, -0.2) is 0 Å². The minimum atomic E-state index is 0.239. The van der Waals surface area contributed by atoms with Crippen molar-refractivity contribution in [3.63, 3.8) is 0 Å². The van der Waals surface area contributed by atoms with Crippen LogP contribution in [0.25, 0.3) is 0 Å².